The average molecular weight is 139 g/mol. The van der Waals surface area contributed by atoms with Crippen LogP contribution in [0.3, 0.4) is 0 Å². The van der Waals surface area contributed by atoms with Crippen LogP contribution in [0, 0.1) is 11.8 Å². The van der Waals surface area contributed by atoms with Gasteiger partial charge in [-0.2, -0.15) is 0 Å². The molecule has 0 unspecified atom stereocenters. The summed E-state index contributed by atoms with van der Waals surface area (Å²) in [5, 5.41) is 0. The second-order valence-electron chi connectivity index (χ2n) is 3.43. The quantitative estimate of drug-likeness (QED) is 0.500. The zero-order chi connectivity index (χ0) is 7.56. The topological polar surface area (TPSA) is 3.24 Å². The molecule has 10 heavy (non-hydrogen) atoms. The van der Waals surface area contributed by atoms with Crippen molar-refractivity contribution in [3.63, 3.8) is 0 Å². The van der Waals surface area contributed by atoms with Gasteiger partial charge in [-0.25, -0.2) is 0 Å². The molecule has 0 aromatic heterocycles. The Morgan fingerprint density at radius 1 is 1.60 bits per heavy atom. The largest absolute Gasteiger partial charge is 0.306 e. The molecule has 0 bridgehead atoms. The Hall–Kier alpha value is -0.300. The van der Waals surface area contributed by atoms with E-state index in [1.165, 1.54) is 19.5 Å². The highest BCUT2D eigenvalue weighted by Crippen LogP contribution is 2.22. The van der Waals surface area contributed by atoms with Gasteiger partial charge in [0, 0.05) is 6.54 Å². The van der Waals surface area contributed by atoms with Gasteiger partial charge in [-0.15, -0.1) is 6.58 Å². The van der Waals surface area contributed by atoms with Crippen molar-refractivity contribution in [2.75, 3.05) is 20.1 Å². The van der Waals surface area contributed by atoms with E-state index in [1.54, 1.807) is 0 Å². The van der Waals surface area contributed by atoms with E-state index in [4.69, 9.17) is 0 Å². The van der Waals surface area contributed by atoms with E-state index in [-0.39, 0.29) is 0 Å². The summed E-state index contributed by atoms with van der Waals surface area (Å²) in [5.74, 6) is 1.56. The summed E-state index contributed by atoms with van der Waals surface area (Å²) in [6.45, 7) is 8.62. The lowest BCUT2D eigenvalue weighted by atomic mass is 9.87. The van der Waals surface area contributed by atoms with E-state index >= 15 is 0 Å². The van der Waals surface area contributed by atoms with Crippen molar-refractivity contribution in [3.05, 3.63) is 12.7 Å². The molecule has 1 saturated heterocycles. The van der Waals surface area contributed by atoms with E-state index in [1.807, 2.05) is 0 Å². The molecule has 0 aromatic carbocycles. The number of piperidine rings is 1. The van der Waals surface area contributed by atoms with Gasteiger partial charge >= 0.3 is 0 Å². The monoisotopic (exact) mass is 139 g/mol. The van der Waals surface area contributed by atoms with Gasteiger partial charge in [0.25, 0.3) is 0 Å². The first-order valence-corrected chi connectivity index (χ1v) is 4.05. The maximum absolute atomic E-state index is 3.84. The second kappa shape index (κ2) is 3.20. The molecule has 1 aliphatic rings. The third-order valence-electron chi connectivity index (χ3n) is 2.52. The van der Waals surface area contributed by atoms with Crippen molar-refractivity contribution >= 4 is 0 Å². The lowest BCUT2D eigenvalue weighted by Crippen LogP contribution is -2.35. The zero-order valence-electron chi connectivity index (χ0n) is 7.01. The van der Waals surface area contributed by atoms with Crippen LogP contribution in [-0.4, -0.2) is 25.0 Å². The van der Waals surface area contributed by atoms with Crippen molar-refractivity contribution < 1.29 is 0 Å². The summed E-state index contributed by atoms with van der Waals surface area (Å²) in [4.78, 5) is 2.38. The van der Waals surface area contributed by atoms with Crippen LogP contribution >= 0.6 is 0 Å². The van der Waals surface area contributed by atoms with Gasteiger partial charge in [0.15, 0.2) is 0 Å². The van der Waals surface area contributed by atoms with Gasteiger partial charge in [-0.05, 0) is 31.8 Å². The number of hydrogen-bond acceptors (Lipinski definition) is 1. The first-order chi connectivity index (χ1) is 4.74. The van der Waals surface area contributed by atoms with Crippen LogP contribution in [0.1, 0.15) is 13.3 Å². The van der Waals surface area contributed by atoms with E-state index in [0.29, 0.717) is 0 Å². The maximum atomic E-state index is 3.84. The highest BCUT2D eigenvalue weighted by atomic mass is 15.1. The predicted octanol–water partition coefficient (Wildman–Crippen LogP) is 1.76. The average Bonchev–Trinajstić information content (AvgIpc) is 1.94. The summed E-state index contributed by atoms with van der Waals surface area (Å²) in [7, 11) is 2.18. The van der Waals surface area contributed by atoms with Crippen LogP contribution in [0.25, 0.3) is 0 Å². The molecule has 58 valence electrons. The Morgan fingerprint density at radius 3 is 2.80 bits per heavy atom. The third kappa shape index (κ3) is 1.60. The summed E-state index contributed by atoms with van der Waals surface area (Å²) >= 11 is 0. The molecular formula is C9H17N. The van der Waals surface area contributed by atoms with Crippen molar-refractivity contribution in [1.29, 1.82) is 0 Å². The fourth-order valence-electron chi connectivity index (χ4n) is 1.58. The molecule has 1 heterocycles. The van der Waals surface area contributed by atoms with Crippen molar-refractivity contribution in [2.45, 2.75) is 13.3 Å². The molecule has 0 aliphatic carbocycles. The third-order valence-corrected chi connectivity index (χ3v) is 2.52. The van der Waals surface area contributed by atoms with Gasteiger partial charge in [-0.3, -0.25) is 0 Å². The van der Waals surface area contributed by atoms with E-state index in [9.17, 15) is 0 Å². The molecule has 0 saturated carbocycles. The number of nitrogens with zero attached hydrogens (tertiary/aromatic N) is 1. The van der Waals surface area contributed by atoms with E-state index in [0.717, 1.165) is 11.8 Å². The normalized spacial score (nSPS) is 35.8. The number of hydrogen-bond donors (Lipinski definition) is 0. The minimum Gasteiger partial charge on any atom is -0.306 e. The van der Waals surface area contributed by atoms with Crippen LogP contribution in [0.4, 0.5) is 0 Å². The lowest BCUT2D eigenvalue weighted by molar-refractivity contribution is 0.184. The van der Waals surface area contributed by atoms with Crippen LogP contribution in [-0.2, 0) is 0 Å². The van der Waals surface area contributed by atoms with Crippen molar-refractivity contribution in [2.24, 2.45) is 11.8 Å². The molecule has 1 nitrogen and oxygen atoms in total. The molecular weight excluding hydrogens is 122 g/mol. The highest BCUT2D eigenvalue weighted by molar-refractivity contribution is 4.88. The molecule has 1 rings (SSSR count). The van der Waals surface area contributed by atoms with Crippen LogP contribution in [0.5, 0.6) is 0 Å². The SMILES string of the molecule is C=C[C@@H]1CN(C)CC[C@@H]1C. The molecule has 0 spiro atoms. The van der Waals surface area contributed by atoms with Crippen molar-refractivity contribution in [3.8, 4) is 0 Å². The molecule has 0 amide bonds. The van der Waals surface area contributed by atoms with E-state index < -0.39 is 0 Å². The molecule has 0 radical (unpaired) electrons. The Labute approximate surface area is 63.7 Å². The molecule has 0 N–H and O–H groups in total. The van der Waals surface area contributed by atoms with Gasteiger partial charge in [0.1, 0.15) is 0 Å². The van der Waals surface area contributed by atoms with E-state index in [2.05, 4.69) is 31.5 Å². The smallest absolute Gasteiger partial charge is 0.00437 e. The summed E-state index contributed by atoms with van der Waals surface area (Å²) in [6, 6.07) is 0. The van der Waals surface area contributed by atoms with Gasteiger partial charge in [0.05, 0.1) is 0 Å². The maximum Gasteiger partial charge on any atom is 0.00437 e. The van der Waals surface area contributed by atoms with Crippen LogP contribution < -0.4 is 0 Å². The Kier molecular flexibility index (Phi) is 2.50. The standard InChI is InChI=1S/C9H17N/c1-4-9-7-10(3)6-5-8(9)2/h4,8-9H,1,5-7H2,2-3H3/t8-,9+/m0/s1. The molecule has 1 fully saturated rings. The minimum atomic E-state index is 0.721. The van der Waals surface area contributed by atoms with Gasteiger partial charge in [0.2, 0.25) is 0 Å². The number of likely N-dealkylation sites (tertiary alicyclic amines) is 1. The summed E-state index contributed by atoms with van der Waals surface area (Å²) in [5.41, 5.74) is 0. The Morgan fingerprint density at radius 2 is 2.30 bits per heavy atom. The van der Waals surface area contributed by atoms with Gasteiger partial charge in [-0.1, -0.05) is 13.0 Å². The van der Waals surface area contributed by atoms with Gasteiger partial charge < -0.3 is 4.90 Å². The predicted molar refractivity (Wildman–Crippen MR) is 45.0 cm³/mol. The fourth-order valence-corrected chi connectivity index (χ4v) is 1.58. The highest BCUT2D eigenvalue weighted by Gasteiger charge is 2.20. The van der Waals surface area contributed by atoms with Crippen LogP contribution in [0.15, 0.2) is 12.7 Å². The first kappa shape index (κ1) is 7.80. The Balaban J connectivity index is 2.45. The fraction of sp³-hybridized carbons (Fsp3) is 0.778. The molecule has 2 atom stereocenters. The van der Waals surface area contributed by atoms with Crippen molar-refractivity contribution in [1.82, 2.24) is 4.90 Å². The second-order valence-corrected chi connectivity index (χ2v) is 3.43. The zero-order valence-corrected chi connectivity index (χ0v) is 7.01. The first-order valence-electron chi connectivity index (χ1n) is 4.05. The molecule has 0 aromatic rings. The lowest BCUT2D eigenvalue weighted by Gasteiger charge is -2.32. The molecule has 1 heteroatoms. The van der Waals surface area contributed by atoms with Crippen LogP contribution in [0.2, 0.25) is 0 Å². The summed E-state index contributed by atoms with van der Waals surface area (Å²) in [6.07, 6.45) is 3.42. The summed E-state index contributed by atoms with van der Waals surface area (Å²) < 4.78 is 0. The minimum absolute atomic E-state index is 0.721. The Bertz CT molecular complexity index is 120. The number of rotatable bonds is 1. The molecule has 1 aliphatic heterocycles.